The first-order chi connectivity index (χ1) is 7.60. The third-order valence-corrected chi connectivity index (χ3v) is 5.68. The molecule has 1 fully saturated rings. The van der Waals surface area contributed by atoms with Gasteiger partial charge in [0.05, 0.1) is 12.8 Å². The van der Waals surface area contributed by atoms with Crippen LogP contribution in [0.3, 0.4) is 0 Å². The first-order valence-electron chi connectivity index (χ1n) is 4.80. The van der Waals surface area contributed by atoms with E-state index >= 15 is 0 Å². The van der Waals surface area contributed by atoms with Crippen molar-refractivity contribution in [2.75, 3.05) is 26.3 Å². The number of nitrogens with zero attached hydrogens (tertiary/aromatic N) is 2. The van der Waals surface area contributed by atoms with E-state index in [-0.39, 0.29) is 8.68 Å². The molecule has 1 saturated heterocycles. The fourth-order valence-electron chi connectivity index (χ4n) is 1.45. The molecule has 2 heterocycles. The monoisotopic (exact) mass is 282 g/mol. The fraction of sp³-hybridized carbons (Fsp3) is 0.625. The van der Waals surface area contributed by atoms with Crippen LogP contribution in [0, 0.1) is 0 Å². The zero-order chi connectivity index (χ0) is 11.6. The molecule has 0 amide bonds. The van der Waals surface area contributed by atoms with Gasteiger partial charge in [0, 0.05) is 19.7 Å². The average molecular weight is 283 g/mol. The van der Waals surface area contributed by atoms with Crippen molar-refractivity contribution in [1.82, 2.24) is 9.29 Å². The van der Waals surface area contributed by atoms with Crippen LogP contribution in [0.1, 0.15) is 6.42 Å². The third kappa shape index (κ3) is 2.54. The molecule has 0 radical (unpaired) electrons. The number of sulfonamides is 1. The lowest BCUT2D eigenvalue weighted by Crippen LogP contribution is -2.32. The molecular formula is C8H11ClN2O3S2. The average Bonchev–Trinajstić information content (AvgIpc) is 2.54. The maximum atomic E-state index is 12.1. The van der Waals surface area contributed by atoms with Crippen molar-refractivity contribution in [3.8, 4) is 0 Å². The summed E-state index contributed by atoms with van der Waals surface area (Å²) in [5, 5.41) is 0. The van der Waals surface area contributed by atoms with Gasteiger partial charge in [-0.15, -0.1) is 0 Å². The highest BCUT2D eigenvalue weighted by Crippen LogP contribution is 2.25. The Hall–Kier alpha value is -0.210. The molecule has 0 aromatic carbocycles. The number of aromatic nitrogens is 1. The Kier molecular flexibility index (Phi) is 3.81. The summed E-state index contributed by atoms with van der Waals surface area (Å²) < 4.78 is 31.3. The smallest absolute Gasteiger partial charge is 0.254 e. The molecule has 1 aromatic heterocycles. The number of rotatable bonds is 2. The second-order valence-corrected chi connectivity index (χ2v) is 7.08. The molecule has 8 heteroatoms. The van der Waals surface area contributed by atoms with Crippen LogP contribution < -0.4 is 0 Å². The number of hydrogen-bond donors (Lipinski definition) is 0. The van der Waals surface area contributed by atoms with Crippen molar-refractivity contribution < 1.29 is 13.2 Å². The van der Waals surface area contributed by atoms with Gasteiger partial charge in [0.1, 0.15) is 0 Å². The first-order valence-corrected chi connectivity index (χ1v) is 7.43. The second kappa shape index (κ2) is 4.97. The third-order valence-electron chi connectivity index (χ3n) is 2.23. The highest BCUT2D eigenvalue weighted by atomic mass is 35.5. The minimum Gasteiger partial charge on any atom is -0.380 e. The van der Waals surface area contributed by atoms with Gasteiger partial charge in [0.25, 0.3) is 10.0 Å². The summed E-state index contributed by atoms with van der Waals surface area (Å²) in [6, 6.07) is 0. The normalized spacial score (nSPS) is 19.6. The highest BCUT2D eigenvalue weighted by molar-refractivity contribution is 7.91. The number of thiazole rings is 1. The van der Waals surface area contributed by atoms with E-state index in [4.69, 9.17) is 16.3 Å². The molecule has 0 saturated carbocycles. The summed E-state index contributed by atoms with van der Waals surface area (Å²) in [6.07, 6.45) is 2.01. The van der Waals surface area contributed by atoms with Gasteiger partial charge in [-0.05, 0) is 6.42 Å². The summed E-state index contributed by atoms with van der Waals surface area (Å²) in [7, 11) is -3.44. The molecule has 1 aliphatic heterocycles. The van der Waals surface area contributed by atoms with Gasteiger partial charge < -0.3 is 4.74 Å². The minimum absolute atomic E-state index is 0.194. The topological polar surface area (TPSA) is 59.5 Å². The summed E-state index contributed by atoms with van der Waals surface area (Å²) >= 11 is 6.62. The molecule has 0 spiro atoms. The highest BCUT2D eigenvalue weighted by Gasteiger charge is 2.27. The maximum Gasteiger partial charge on any atom is 0.254 e. The maximum absolute atomic E-state index is 12.1. The number of hydrogen-bond acceptors (Lipinski definition) is 5. The van der Waals surface area contributed by atoms with E-state index in [0.717, 1.165) is 11.3 Å². The number of ether oxygens (including phenoxy) is 1. The van der Waals surface area contributed by atoms with E-state index in [1.54, 1.807) is 0 Å². The molecule has 1 aromatic rings. The van der Waals surface area contributed by atoms with E-state index in [2.05, 4.69) is 4.98 Å². The van der Waals surface area contributed by atoms with Gasteiger partial charge in [-0.3, -0.25) is 0 Å². The predicted molar refractivity (Wildman–Crippen MR) is 61.3 cm³/mol. The van der Waals surface area contributed by atoms with Crippen molar-refractivity contribution in [2.45, 2.75) is 10.6 Å². The Bertz CT molecular complexity index is 452. The van der Waals surface area contributed by atoms with Gasteiger partial charge in [-0.25, -0.2) is 13.4 Å². The standard InChI is InChI=1S/C8H11ClN2O3S2/c9-8-10-6-7(15-8)16(12,13)11-2-1-4-14-5-3-11/h6H,1-5H2. The summed E-state index contributed by atoms with van der Waals surface area (Å²) in [4.78, 5) is 3.75. The van der Waals surface area contributed by atoms with Crippen molar-refractivity contribution in [2.24, 2.45) is 0 Å². The largest absolute Gasteiger partial charge is 0.380 e. The molecule has 16 heavy (non-hydrogen) atoms. The molecule has 0 bridgehead atoms. The zero-order valence-corrected chi connectivity index (χ0v) is 10.8. The van der Waals surface area contributed by atoms with E-state index in [1.807, 2.05) is 0 Å². The molecule has 0 N–H and O–H groups in total. The zero-order valence-electron chi connectivity index (χ0n) is 8.43. The Balaban J connectivity index is 2.23. The summed E-state index contributed by atoms with van der Waals surface area (Å²) in [6.45, 7) is 1.91. The first kappa shape index (κ1) is 12.3. The van der Waals surface area contributed by atoms with Crippen LogP contribution in [0.15, 0.2) is 10.4 Å². The van der Waals surface area contributed by atoms with Crippen LogP contribution in [0.25, 0.3) is 0 Å². The Morgan fingerprint density at radius 3 is 2.94 bits per heavy atom. The van der Waals surface area contributed by atoms with E-state index in [1.165, 1.54) is 10.5 Å². The van der Waals surface area contributed by atoms with Crippen LogP contribution in [-0.2, 0) is 14.8 Å². The van der Waals surface area contributed by atoms with E-state index < -0.39 is 10.0 Å². The van der Waals surface area contributed by atoms with Crippen molar-refractivity contribution >= 4 is 33.0 Å². The summed E-state index contributed by atoms with van der Waals surface area (Å²) in [5.74, 6) is 0. The molecule has 1 aliphatic rings. The number of halogens is 1. The van der Waals surface area contributed by atoms with Crippen molar-refractivity contribution in [1.29, 1.82) is 0 Å². The predicted octanol–water partition coefficient (Wildman–Crippen LogP) is 1.21. The lowest BCUT2D eigenvalue weighted by atomic mass is 10.5. The summed E-state index contributed by atoms with van der Waals surface area (Å²) in [5.41, 5.74) is 0. The van der Waals surface area contributed by atoms with Crippen LogP contribution in [-0.4, -0.2) is 44.0 Å². The SMILES string of the molecule is O=S(=O)(c1cnc(Cl)s1)N1CCCOCC1. The van der Waals surface area contributed by atoms with Gasteiger partial charge in [0.15, 0.2) is 8.68 Å². The van der Waals surface area contributed by atoms with Crippen molar-refractivity contribution in [3.05, 3.63) is 10.7 Å². The van der Waals surface area contributed by atoms with Gasteiger partial charge in [0.2, 0.25) is 0 Å². The van der Waals surface area contributed by atoms with E-state index in [0.29, 0.717) is 32.7 Å². The fourth-order valence-corrected chi connectivity index (χ4v) is 4.36. The van der Waals surface area contributed by atoms with Crippen LogP contribution in [0.5, 0.6) is 0 Å². The van der Waals surface area contributed by atoms with E-state index in [9.17, 15) is 8.42 Å². The Labute approximate surface area is 103 Å². The molecule has 0 atom stereocenters. The van der Waals surface area contributed by atoms with Crippen molar-refractivity contribution in [3.63, 3.8) is 0 Å². The van der Waals surface area contributed by atoms with Gasteiger partial charge in [-0.1, -0.05) is 22.9 Å². The molecule has 0 aliphatic carbocycles. The van der Waals surface area contributed by atoms with Crippen LogP contribution in [0.2, 0.25) is 4.47 Å². The van der Waals surface area contributed by atoms with Gasteiger partial charge in [-0.2, -0.15) is 4.31 Å². The Morgan fingerprint density at radius 2 is 2.25 bits per heavy atom. The van der Waals surface area contributed by atoms with Crippen LogP contribution in [0.4, 0.5) is 0 Å². The molecule has 0 unspecified atom stereocenters. The Morgan fingerprint density at radius 1 is 1.44 bits per heavy atom. The van der Waals surface area contributed by atoms with Gasteiger partial charge >= 0.3 is 0 Å². The lowest BCUT2D eigenvalue weighted by molar-refractivity contribution is 0.148. The van der Waals surface area contributed by atoms with Crippen LogP contribution >= 0.6 is 22.9 Å². The minimum atomic E-state index is -3.44. The molecule has 2 rings (SSSR count). The molecule has 5 nitrogen and oxygen atoms in total. The second-order valence-electron chi connectivity index (χ2n) is 3.30. The molecule has 90 valence electrons. The molecular weight excluding hydrogens is 272 g/mol. The lowest BCUT2D eigenvalue weighted by Gasteiger charge is -2.17. The quantitative estimate of drug-likeness (QED) is 0.818.